The quantitative estimate of drug-likeness (QED) is 0.701. The lowest BCUT2D eigenvalue weighted by atomic mass is 9.99. The van der Waals surface area contributed by atoms with Crippen LogP contribution >= 0.6 is 0 Å². The summed E-state index contributed by atoms with van der Waals surface area (Å²) >= 11 is 0. The summed E-state index contributed by atoms with van der Waals surface area (Å²) < 4.78 is 42.4. The Kier molecular flexibility index (Phi) is 5.84. The third-order valence-corrected chi connectivity index (χ3v) is 3.50. The van der Waals surface area contributed by atoms with Crippen molar-refractivity contribution in [2.45, 2.75) is 18.7 Å². The molecule has 0 aromatic heterocycles. The van der Waals surface area contributed by atoms with Crippen molar-refractivity contribution in [3.8, 4) is 5.75 Å². The van der Waals surface area contributed by atoms with Gasteiger partial charge in [-0.05, 0) is 43.3 Å². The van der Waals surface area contributed by atoms with Gasteiger partial charge in [0, 0.05) is 13.0 Å². The van der Waals surface area contributed by atoms with Gasteiger partial charge in [-0.2, -0.15) is 13.2 Å². The van der Waals surface area contributed by atoms with Gasteiger partial charge in [0.2, 0.25) is 5.91 Å². The Morgan fingerprint density at radius 3 is 2.52 bits per heavy atom. The van der Waals surface area contributed by atoms with Crippen LogP contribution in [0.1, 0.15) is 12.0 Å². The van der Waals surface area contributed by atoms with Crippen LogP contribution in [-0.4, -0.2) is 43.4 Å². The maximum absolute atomic E-state index is 12.4. The minimum atomic E-state index is -4.39. The molecule has 0 spiro atoms. The summed E-state index contributed by atoms with van der Waals surface area (Å²) in [6.07, 6.45) is -4.90. The van der Waals surface area contributed by atoms with E-state index in [4.69, 9.17) is 4.74 Å². The van der Waals surface area contributed by atoms with E-state index in [-0.39, 0.29) is 24.8 Å². The largest absolute Gasteiger partial charge is 0.491 e. The molecule has 0 radical (unpaired) electrons. The number of hydrogen-bond donors (Lipinski definition) is 3. The molecule has 1 aromatic carbocycles. The number of aliphatic hydroxyl groups excluding tert-OH is 1. The molecule has 3 N–H and O–H groups in total. The summed E-state index contributed by atoms with van der Waals surface area (Å²) in [5.41, 5.74) is -0.761. The van der Waals surface area contributed by atoms with E-state index in [9.17, 15) is 23.1 Å². The summed E-state index contributed by atoms with van der Waals surface area (Å²) in [5, 5.41) is 15.4. The highest BCUT2D eigenvalue weighted by atomic mass is 19.4. The average Bonchev–Trinajstić information content (AvgIpc) is 2.46. The van der Waals surface area contributed by atoms with E-state index in [0.29, 0.717) is 12.3 Å². The van der Waals surface area contributed by atoms with Crippen LogP contribution in [-0.2, 0) is 11.0 Å². The van der Waals surface area contributed by atoms with Gasteiger partial charge < -0.3 is 20.5 Å². The predicted molar refractivity (Wildman–Crippen MR) is 76.9 cm³/mol. The fourth-order valence-corrected chi connectivity index (χ4v) is 2.05. The smallest absolute Gasteiger partial charge is 0.416 e. The van der Waals surface area contributed by atoms with E-state index in [1.165, 1.54) is 12.1 Å². The van der Waals surface area contributed by atoms with Crippen molar-refractivity contribution in [2.75, 3.05) is 26.2 Å². The van der Waals surface area contributed by atoms with Crippen molar-refractivity contribution in [3.63, 3.8) is 0 Å². The molecule has 5 nitrogen and oxygen atoms in total. The van der Waals surface area contributed by atoms with E-state index >= 15 is 0 Å². The number of benzene rings is 1. The minimum Gasteiger partial charge on any atom is -0.491 e. The van der Waals surface area contributed by atoms with Crippen molar-refractivity contribution in [1.29, 1.82) is 0 Å². The second-order valence-electron chi connectivity index (χ2n) is 5.52. The summed E-state index contributed by atoms with van der Waals surface area (Å²) in [4.78, 5) is 11.6. The minimum absolute atomic E-state index is 0.0413. The summed E-state index contributed by atoms with van der Waals surface area (Å²) in [6.45, 7) is 1.58. The second kappa shape index (κ2) is 7.65. The topological polar surface area (TPSA) is 70.6 Å². The van der Waals surface area contributed by atoms with Gasteiger partial charge in [0.05, 0.1) is 5.56 Å². The predicted octanol–water partition coefficient (Wildman–Crippen LogP) is 1.17. The van der Waals surface area contributed by atoms with Gasteiger partial charge in [0.15, 0.2) is 0 Å². The molecule has 1 heterocycles. The van der Waals surface area contributed by atoms with E-state index < -0.39 is 17.8 Å². The Hall–Kier alpha value is -1.80. The first-order chi connectivity index (χ1) is 10.8. The van der Waals surface area contributed by atoms with Crippen LogP contribution in [0.2, 0.25) is 0 Å². The summed E-state index contributed by atoms with van der Waals surface area (Å²) in [5.74, 6) is 0.435. The van der Waals surface area contributed by atoms with Crippen molar-refractivity contribution < 1.29 is 27.8 Å². The first-order valence-corrected chi connectivity index (χ1v) is 7.30. The number of amides is 1. The van der Waals surface area contributed by atoms with Gasteiger partial charge in [-0.15, -0.1) is 0 Å². The van der Waals surface area contributed by atoms with E-state index in [2.05, 4.69) is 10.6 Å². The Morgan fingerprint density at radius 1 is 1.35 bits per heavy atom. The summed E-state index contributed by atoms with van der Waals surface area (Å²) in [6, 6.07) is 4.21. The number of ether oxygens (including phenoxy) is 1. The number of halogens is 3. The molecule has 1 aliphatic heterocycles. The number of alkyl halides is 3. The van der Waals surface area contributed by atoms with Crippen LogP contribution in [0.5, 0.6) is 5.75 Å². The molecule has 1 fully saturated rings. The summed E-state index contributed by atoms with van der Waals surface area (Å²) in [7, 11) is 0. The van der Waals surface area contributed by atoms with Crippen LogP contribution in [0.15, 0.2) is 24.3 Å². The van der Waals surface area contributed by atoms with Crippen LogP contribution in [0, 0.1) is 5.92 Å². The van der Waals surface area contributed by atoms with Crippen molar-refractivity contribution in [2.24, 2.45) is 5.92 Å². The highest BCUT2D eigenvalue weighted by Crippen LogP contribution is 2.30. The fourth-order valence-electron chi connectivity index (χ4n) is 2.05. The Morgan fingerprint density at radius 2 is 2.00 bits per heavy atom. The third-order valence-electron chi connectivity index (χ3n) is 3.50. The lowest BCUT2D eigenvalue weighted by Crippen LogP contribution is -2.45. The zero-order valence-electron chi connectivity index (χ0n) is 12.4. The molecule has 1 aliphatic rings. The lowest BCUT2D eigenvalue weighted by molar-refractivity contribution is -0.137. The Labute approximate surface area is 131 Å². The lowest BCUT2D eigenvalue weighted by Gasteiger charge is -2.26. The van der Waals surface area contributed by atoms with Crippen molar-refractivity contribution >= 4 is 5.91 Å². The molecule has 1 amide bonds. The maximum atomic E-state index is 12.4. The van der Waals surface area contributed by atoms with Crippen LogP contribution < -0.4 is 15.4 Å². The third kappa shape index (κ3) is 5.72. The van der Waals surface area contributed by atoms with Crippen molar-refractivity contribution in [1.82, 2.24) is 10.6 Å². The van der Waals surface area contributed by atoms with Crippen LogP contribution in [0.4, 0.5) is 13.2 Å². The van der Waals surface area contributed by atoms with Crippen LogP contribution in [0.3, 0.4) is 0 Å². The average molecular weight is 332 g/mol. The standard InChI is InChI=1S/C15H19F3N2O3/c16-15(17,18)11-1-3-13(4-2-11)23-9-12(21)8-20-14(22)5-10-6-19-7-10/h1-4,10,12,19,21H,5-9H2,(H,20,22). The maximum Gasteiger partial charge on any atom is 0.416 e. The van der Waals surface area contributed by atoms with Crippen LogP contribution in [0.25, 0.3) is 0 Å². The molecule has 1 atom stereocenters. The molecular weight excluding hydrogens is 313 g/mol. The number of hydrogen-bond acceptors (Lipinski definition) is 4. The van der Waals surface area contributed by atoms with Gasteiger partial charge in [-0.3, -0.25) is 4.79 Å². The van der Waals surface area contributed by atoms with E-state index in [1.807, 2.05) is 0 Å². The molecule has 128 valence electrons. The molecule has 1 saturated heterocycles. The Bertz CT molecular complexity index is 516. The van der Waals surface area contributed by atoms with Gasteiger partial charge in [-0.1, -0.05) is 0 Å². The number of aliphatic hydroxyl groups is 1. The first-order valence-electron chi connectivity index (χ1n) is 7.30. The number of carbonyl (C=O) groups is 1. The molecular formula is C15H19F3N2O3. The molecule has 0 aliphatic carbocycles. The molecule has 0 saturated carbocycles. The van der Waals surface area contributed by atoms with Gasteiger partial charge in [0.25, 0.3) is 0 Å². The van der Waals surface area contributed by atoms with E-state index in [1.54, 1.807) is 0 Å². The normalized spacial score (nSPS) is 16.5. The number of carbonyl (C=O) groups excluding carboxylic acids is 1. The molecule has 2 rings (SSSR count). The molecule has 1 unspecified atom stereocenters. The first kappa shape index (κ1) is 17.6. The Balaban J connectivity index is 1.67. The highest BCUT2D eigenvalue weighted by Gasteiger charge is 2.30. The molecule has 23 heavy (non-hydrogen) atoms. The van der Waals surface area contributed by atoms with Gasteiger partial charge in [0.1, 0.15) is 18.5 Å². The molecule has 8 heteroatoms. The highest BCUT2D eigenvalue weighted by molar-refractivity contribution is 5.76. The van der Waals surface area contributed by atoms with Gasteiger partial charge >= 0.3 is 6.18 Å². The monoisotopic (exact) mass is 332 g/mol. The molecule has 0 bridgehead atoms. The van der Waals surface area contributed by atoms with Crippen molar-refractivity contribution in [3.05, 3.63) is 29.8 Å². The SMILES string of the molecule is O=C(CC1CNC1)NCC(O)COc1ccc(C(F)(F)F)cc1. The number of rotatable bonds is 7. The van der Waals surface area contributed by atoms with Gasteiger partial charge in [-0.25, -0.2) is 0 Å². The second-order valence-corrected chi connectivity index (χ2v) is 5.52. The molecule has 1 aromatic rings. The number of nitrogens with one attached hydrogen (secondary N) is 2. The zero-order valence-corrected chi connectivity index (χ0v) is 12.4. The fraction of sp³-hybridized carbons (Fsp3) is 0.533. The zero-order chi connectivity index (χ0) is 16.9. The van der Waals surface area contributed by atoms with E-state index in [0.717, 1.165) is 25.2 Å².